The summed E-state index contributed by atoms with van der Waals surface area (Å²) in [4.78, 5) is 10.6. The quantitative estimate of drug-likeness (QED) is 0.359. The molecule has 0 aliphatic rings. The lowest BCUT2D eigenvalue weighted by molar-refractivity contribution is 0.0963. The van der Waals surface area contributed by atoms with Gasteiger partial charge >= 0.3 is 5.91 Å². The number of nitrogens with zero attached hydrogens (tertiary/aromatic N) is 4. The van der Waals surface area contributed by atoms with E-state index in [2.05, 4.69) is 20.6 Å². The van der Waals surface area contributed by atoms with Crippen molar-refractivity contribution in [3.8, 4) is 6.19 Å². The predicted octanol–water partition coefficient (Wildman–Crippen LogP) is -1.59. The minimum Gasteiger partial charge on any atom is -0.264 e. The molecule has 0 radical (unpaired) electrons. The van der Waals surface area contributed by atoms with Gasteiger partial charge in [-0.05, 0) is 5.21 Å². The van der Waals surface area contributed by atoms with Gasteiger partial charge in [-0.2, -0.15) is 10.5 Å². The van der Waals surface area contributed by atoms with Gasteiger partial charge in [-0.15, -0.1) is 10.2 Å². The van der Waals surface area contributed by atoms with Crippen molar-refractivity contribution in [2.45, 2.75) is 0 Å². The summed E-state index contributed by atoms with van der Waals surface area (Å²) in [5.41, 5.74) is 0. The monoisotopic (exact) mass is 138 g/mol. The highest BCUT2D eigenvalue weighted by Crippen LogP contribution is 1.79. The van der Waals surface area contributed by atoms with Crippen LogP contribution in [0.25, 0.3) is 0 Å². The lowest BCUT2D eigenvalue weighted by Crippen LogP contribution is -2.18. The Morgan fingerprint density at radius 1 is 1.80 bits per heavy atom. The average molecular weight is 138 g/mol. The van der Waals surface area contributed by atoms with Gasteiger partial charge in [0.1, 0.15) is 0 Å². The van der Waals surface area contributed by atoms with Gasteiger partial charge in [0, 0.05) is 0 Å². The van der Waals surface area contributed by atoms with Crippen LogP contribution in [0.2, 0.25) is 0 Å². The van der Waals surface area contributed by atoms with Gasteiger partial charge in [-0.25, -0.2) is 0 Å². The van der Waals surface area contributed by atoms with Crippen molar-refractivity contribution in [3.63, 3.8) is 0 Å². The van der Waals surface area contributed by atoms with Crippen LogP contribution in [0.5, 0.6) is 0 Å². The molecule has 0 aromatic carbocycles. The summed E-state index contributed by atoms with van der Waals surface area (Å²) in [6.07, 6.45) is 1.43. The molecule has 0 unspecified atom stereocenters. The summed E-state index contributed by atoms with van der Waals surface area (Å²) in [5.74, 6) is -0.821. The second-order valence-electron chi connectivity index (χ2n) is 1.30. The molecule has 0 atom stereocenters. The van der Waals surface area contributed by atoms with E-state index in [-0.39, 0.29) is 5.82 Å². The smallest absolute Gasteiger partial charge is 0.264 e. The van der Waals surface area contributed by atoms with Crippen molar-refractivity contribution in [3.05, 3.63) is 5.82 Å². The van der Waals surface area contributed by atoms with Crippen LogP contribution in [-0.2, 0) is 0 Å². The summed E-state index contributed by atoms with van der Waals surface area (Å²) in [5, 5.41) is 21.6. The van der Waals surface area contributed by atoms with Gasteiger partial charge < -0.3 is 0 Å². The van der Waals surface area contributed by atoms with E-state index in [0.29, 0.717) is 0 Å². The maximum absolute atomic E-state index is 10.6. The highest BCUT2D eigenvalue weighted by atomic mass is 16.2. The largest absolute Gasteiger partial charge is 0.305 e. The van der Waals surface area contributed by atoms with Gasteiger partial charge in [-0.3, -0.25) is 10.1 Å². The van der Waals surface area contributed by atoms with E-state index < -0.39 is 5.91 Å². The van der Waals surface area contributed by atoms with Crippen molar-refractivity contribution < 1.29 is 4.79 Å². The number of H-pyrrole nitrogens is 1. The van der Waals surface area contributed by atoms with Gasteiger partial charge in [0.15, 0.2) is 6.19 Å². The maximum atomic E-state index is 10.6. The molecule has 1 amide bonds. The fraction of sp³-hybridized carbons (Fsp3) is 0. The van der Waals surface area contributed by atoms with Crippen LogP contribution in [0, 0.1) is 11.5 Å². The lowest BCUT2D eigenvalue weighted by atomic mass is 10.6. The Balaban J connectivity index is 2.71. The van der Waals surface area contributed by atoms with Crippen LogP contribution in [-0.4, -0.2) is 26.5 Å². The van der Waals surface area contributed by atoms with E-state index in [1.54, 1.807) is 0 Å². The molecule has 0 spiro atoms. The Morgan fingerprint density at radius 2 is 2.60 bits per heavy atom. The Labute approximate surface area is 55.0 Å². The molecule has 0 aliphatic heterocycles. The highest BCUT2D eigenvalue weighted by Gasteiger charge is 2.07. The van der Waals surface area contributed by atoms with Crippen molar-refractivity contribution in [1.82, 2.24) is 25.9 Å². The van der Waals surface area contributed by atoms with Gasteiger partial charge in [0.05, 0.1) is 0 Å². The fourth-order valence-corrected chi connectivity index (χ4v) is 0.365. The van der Waals surface area contributed by atoms with E-state index in [0.717, 1.165) is 0 Å². The van der Waals surface area contributed by atoms with E-state index in [9.17, 15) is 4.79 Å². The molecule has 1 rings (SSSR count). The lowest BCUT2D eigenvalue weighted by Gasteiger charge is -1.83. The molecule has 0 saturated heterocycles. The minimum absolute atomic E-state index is 0.151. The van der Waals surface area contributed by atoms with Crippen molar-refractivity contribution in [2.75, 3.05) is 0 Å². The molecular weight excluding hydrogens is 136 g/mol. The SMILES string of the molecule is N#CNC(=O)c1nn[nH]n1. The highest BCUT2D eigenvalue weighted by molar-refractivity contribution is 5.91. The molecule has 1 aromatic rings. The average Bonchev–Trinajstić information content (AvgIpc) is 2.38. The van der Waals surface area contributed by atoms with Crippen molar-refractivity contribution >= 4 is 5.91 Å². The summed E-state index contributed by atoms with van der Waals surface area (Å²) in [6.45, 7) is 0. The third kappa shape index (κ3) is 1.05. The first-order valence-electron chi connectivity index (χ1n) is 2.27. The number of rotatable bonds is 1. The summed E-state index contributed by atoms with van der Waals surface area (Å²) >= 11 is 0. The zero-order valence-electron chi connectivity index (χ0n) is 4.70. The summed E-state index contributed by atoms with van der Waals surface area (Å²) in [7, 11) is 0. The molecule has 1 heterocycles. The molecule has 7 heteroatoms. The van der Waals surface area contributed by atoms with E-state index in [4.69, 9.17) is 5.26 Å². The normalized spacial score (nSPS) is 8.30. The zero-order valence-corrected chi connectivity index (χ0v) is 4.70. The summed E-state index contributed by atoms with van der Waals surface area (Å²) in [6, 6.07) is 0. The number of amides is 1. The first-order valence-corrected chi connectivity index (χ1v) is 2.27. The van der Waals surface area contributed by atoms with Crippen molar-refractivity contribution in [2.24, 2.45) is 0 Å². The molecule has 0 bridgehead atoms. The number of nitriles is 1. The number of aromatic nitrogens is 4. The maximum Gasteiger partial charge on any atom is 0.305 e. The molecule has 0 aliphatic carbocycles. The number of carbonyl (C=O) groups is 1. The third-order valence-electron chi connectivity index (χ3n) is 0.718. The zero-order chi connectivity index (χ0) is 7.40. The molecule has 0 fully saturated rings. The Kier molecular flexibility index (Phi) is 1.56. The Bertz CT molecular complexity index is 257. The topological polar surface area (TPSA) is 107 Å². The Morgan fingerprint density at radius 3 is 3.10 bits per heavy atom. The second-order valence-corrected chi connectivity index (χ2v) is 1.30. The van der Waals surface area contributed by atoms with Crippen molar-refractivity contribution in [1.29, 1.82) is 5.26 Å². The molecule has 10 heavy (non-hydrogen) atoms. The van der Waals surface area contributed by atoms with Gasteiger partial charge in [0.25, 0.3) is 5.82 Å². The fourth-order valence-electron chi connectivity index (χ4n) is 0.365. The van der Waals surface area contributed by atoms with Crippen LogP contribution in [0.1, 0.15) is 10.6 Å². The minimum atomic E-state index is -0.670. The molecule has 0 saturated carbocycles. The van der Waals surface area contributed by atoms with E-state index in [1.807, 2.05) is 5.32 Å². The molecule has 1 aromatic heterocycles. The van der Waals surface area contributed by atoms with Crippen LogP contribution in [0.3, 0.4) is 0 Å². The van der Waals surface area contributed by atoms with Crippen LogP contribution in [0.4, 0.5) is 0 Å². The second kappa shape index (κ2) is 2.54. The molecule has 7 nitrogen and oxygen atoms in total. The third-order valence-corrected chi connectivity index (χ3v) is 0.718. The van der Waals surface area contributed by atoms with Gasteiger partial charge in [0.2, 0.25) is 0 Å². The molecule has 50 valence electrons. The number of hydrogen-bond donors (Lipinski definition) is 2. The van der Waals surface area contributed by atoms with Crippen LogP contribution < -0.4 is 5.32 Å². The van der Waals surface area contributed by atoms with E-state index in [1.165, 1.54) is 6.19 Å². The molecular formula is C3H2N6O. The number of hydrogen-bond acceptors (Lipinski definition) is 5. The van der Waals surface area contributed by atoms with E-state index >= 15 is 0 Å². The number of nitrogens with one attached hydrogen (secondary N) is 2. The predicted molar refractivity (Wildman–Crippen MR) is 27.3 cm³/mol. The number of tetrazole rings is 1. The first kappa shape index (κ1) is 6.15. The first-order chi connectivity index (χ1) is 4.84. The molecule has 2 N–H and O–H groups in total. The number of aromatic amines is 1. The number of carbonyl (C=O) groups excluding carboxylic acids is 1. The Hall–Kier alpha value is -1.97. The standard InChI is InChI=1S/C3H2N6O/c4-1-5-3(10)2-6-8-9-7-2/h(H,5,10)(H,6,7,8,9). The van der Waals surface area contributed by atoms with Crippen LogP contribution in [0.15, 0.2) is 0 Å². The van der Waals surface area contributed by atoms with Gasteiger partial charge in [-0.1, -0.05) is 0 Å². The summed E-state index contributed by atoms with van der Waals surface area (Å²) < 4.78 is 0. The van der Waals surface area contributed by atoms with Crippen LogP contribution >= 0.6 is 0 Å².